The van der Waals surface area contributed by atoms with Crippen molar-refractivity contribution in [3.8, 4) is 28.6 Å². The van der Waals surface area contributed by atoms with Crippen LogP contribution < -0.4 is 5.32 Å². The van der Waals surface area contributed by atoms with Gasteiger partial charge in [0.05, 0.1) is 10.5 Å². The fraction of sp³-hybridized carbons (Fsp3) is 0.375. The summed E-state index contributed by atoms with van der Waals surface area (Å²) in [6, 6.07) is 8.89. The van der Waals surface area contributed by atoms with Crippen LogP contribution >= 0.6 is 0 Å². The molecule has 0 atom stereocenters. The molecule has 0 spiro atoms. The monoisotopic (exact) mass is 501 g/mol. The summed E-state index contributed by atoms with van der Waals surface area (Å²) in [7, 11) is -3.67. The van der Waals surface area contributed by atoms with Gasteiger partial charge in [0.1, 0.15) is 11.5 Å². The summed E-state index contributed by atoms with van der Waals surface area (Å²) < 4.78 is 28.6. The fourth-order valence-corrected chi connectivity index (χ4v) is 5.26. The van der Waals surface area contributed by atoms with E-state index in [1.54, 1.807) is 39.0 Å². The normalized spacial score (nSPS) is 11.9. The van der Waals surface area contributed by atoms with E-state index in [2.05, 4.69) is 15.5 Å². The molecule has 3 N–H and O–H groups in total. The van der Waals surface area contributed by atoms with Crippen LogP contribution in [-0.4, -0.2) is 63.2 Å². The average molecular weight is 502 g/mol. The lowest BCUT2D eigenvalue weighted by atomic mass is 9.98. The Labute approximate surface area is 205 Å². The first-order chi connectivity index (χ1) is 16.6. The molecule has 3 rings (SSSR count). The van der Waals surface area contributed by atoms with Crippen molar-refractivity contribution in [2.45, 2.75) is 45.4 Å². The number of aromatic hydroxyl groups is 2. The maximum Gasteiger partial charge on any atom is 0.289 e. The van der Waals surface area contributed by atoms with E-state index in [1.165, 1.54) is 27.1 Å². The zero-order valence-corrected chi connectivity index (χ0v) is 21.3. The minimum Gasteiger partial charge on any atom is -0.508 e. The van der Waals surface area contributed by atoms with Crippen LogP contribution in [0.25, 0.3) is 17.1 Å². The minimum atomic E-state index is -3.67. The van der Waals surface area contributed by atoms with Crippen LogP contribution in [0, 0.1) is 0 Å². The highest BCUT2D eigenvalue weighted by atomic mass is 32.2. The van der Waals surface area contributed by atoms with Crippen molar-refractivity contribution in [3.05, 3.63) is 47.8 Å². The topological polar surface area (TPSA) is 138 Å². The Balaban J connectivity index is 2.21. The van der Waals surface area contributed by atoms with Crippen LogP contribution in [0.2, 0.25) is 0 Å². The molecule has 11 heteroatoms. The summed E-state index contributed by atoms with van der Waals surface area (Å²) >= 11 is 0. The highest BCUT2D eigenvalue weighted by molar-refractivity contribution is 7.89. The Kier molecular flexibility index (Phi) is 7.81. The molecule has 35 heavy (non-hydrogen) atoms. The summed E-state index contributed by atoms with van der Waals surface area (Å²) in [4.78, 5) is 12.9. The molecule has 0 aliphatic heterocycles. The van der Waals surface area contributed by atoms with E-state index < -0.39 is 15.9 Å². The third-order valence-corrected chi connectivity index (χ3v) is 7.71. The zero-order valence-electron chi connectivity index (χ0n) is 20.5. The zero-order chi connectivity index (χ0) is 25.9. The van der Waals surface area contributed by atoms with Crippen molar-refractivity contribution < 1.29 is 23.4 Å². The van der Waals surface area contributed by atoms with Gasteiger partial charge in [-0.1, -0.05) is 27.7 Å². The number of nitrogens with zero attached hydrogens (tertiary/aromatic N) is 4. The molecule has 0 unspecified atom stereocenters. The van der Waals surface area contributed by atoms with Gasteiger partial charge >= 0.3 is 0 Å². The number of phenols is 2. The van der Waals surface area contributed by atoms with Crippen molar-refractivity contribution in [2.75, 3.05) is 19.6 Å². The van der Waals surface area contributed by atoms with Gasteiger partial charge in [-0.2, -0.15) is 4.31 Å². The molecule has 0 saturated heterocycles. The number of carbonyl (C=O) groups is 1. The molecule has 10 nitrogen and oxygen atoms in total. The van der Waals surface area contributed by atoms with Crippen LogP contribution in [0.15, 0.2) is 41.3 Å². The van der Waals surface area contributed by atoms with E-state index in [-0.39, 0.29) is 39.5 Å². The van der Waals surface area contributed by atoms with Crippen LogP contribution in [-0.2, 0) is 10.0 Å². The number of hydrogen-bond donors (Lipinski definition) is 3. The van der Waals surface area contributed by atoms with Crippen molar-refractivity contribution in [1.82, 2.24) is 24.4 Å². The van der Waals surface area contributed by atoms with Gasteiger partial charge in [-0.25, -0.2) is 8.42 Å². The van der Waals surface area contributed by atoms with Crippen LogP contribution in [0.4, 0.5) is 0 Å². The predicted molar refractivity (Wildman–Crippen MR) is 132 cm³/mol. The number of rotatable bonds is 9. The second kappa shape index (κ2) is 10.4. The standard InChI is InChI=1S/C24H31N5O5S/c1-6-25-24(32)23-27-26-22(19-13-18(15(4)5)20(30)14-21(19)31)29(23)16-9-11-17(12-10-16)35(33,34)28(7-2)8-3/h9-15,30-31H,6-8H2,1-5H3,(H,25,32). The Morgan fingerprint density at radius 3 is 2.20 bits per heavy atom. The molecule has 2 aromatic carbocycles. The molecule has 1 amide bonds. The molecular weight excluding hydrogens is 470 g/mol. The Morgan fingerprint density at radius 2 is 1.66 bits per heavy atom. The molecule has 188 valence electrons. The first kappa shape index (κ1) is 26.2. The number of carbonyl (C=O) groups excluding carboxylic acids is 1. The highest BCUT2D eigenvalue weighted by Gasteiger charge is 2.26. The molecule has 0 radical (unpaired) electrons. The quantitative estimate of drug-likeness (QED) is 0.409. The summed E-state index contributed by atoms with van der Waals surface area (Å²) in [5, 5.41) is 31.8. The lowest BCUT2D eigenvalue weighted by Gasteiger charge is -2.19. The minimum absolute atomic E-state index is 0.0280. The lowest BCUT2D eigenvalue weighted by Crippen LogP contribution is -2.30. The number of phenolic OH excluding ortho intramolecular Hbond substituents is 2. The highest BCUT2D eigenvalue weighted by Crippen LogP contribution is 2.38. The molecule has 1 aromatic heterocycles. The van der Waals surface area contributed by atoms with Gasteiger partial charge in [-0.15, -0.1) is 10.2 Å². The summed E-state index contributed by atoms with van der Waals surface area (Å²) in [6.07, 6.45) is 0. The SMILES string of the molecule is CCNC(=O)c1nnc(-c2cc(C(C)C)c(O)cc2O)n1-c1ccc(S(=O)(=O)N(CC)CC)cc1. The van der Waals surface area contributed by atoms with E-state index in [9.17, 15) is 23.4 Å². The molecule has 0 bridgehead atoms. The lowest BCUT2D eigenvalue weighted by molar-refractivity contribution is 0.0943. The van der Waals surface area contributed by atoms with E-state index in [0.717, 1.165) is 0 Å². The Hall–Kier alpha value is -3.44. The summed E-state index contributed by atoms with van der Waals surface area (Å²) in [5.74, 6) is -0.665. The molecule has 0 aliphatic rings. The largest absolute Gasteiger partial charge is 0.508 e. The van der Waals surface area contributed by atoms with Gasteiger partial charge in [-0.3, -0.25) is 9.36 Å². The van der Waals surface area contributed by atoms with Crippen LogP contribution in [0.3, 0.4) is 0 Å². The van der Waals surface area contributed by atoms with Gasteiger partial charge < -0.3 is 15.5 Å². The van der Waals surface area contributed by atoms with Crippen molar-refractivity contribution >= 4 is 15.9 Å². The molecule has 1 heterocycles. The van der Waals surface area contributed by atoms with E-state index >= 15 is 0 Å². The number of nitrogens with one attached hydrogen (secondary N) is 1. The number of benzene rings is 2. The van der Waals surface area contributed by atoms with Crippen molar-refractivity contribution in [2.24, 2.45) is 0 Å². The molecular formula is C24H31N5O5S. The second-order valence-corrected chi connectivity index (χ2v) is 10.1. The smallest absolute Gasteiger partial charge is 0.289 e. The number of aromatic nitrogens is 3. The van der Waals surface area contributed by atoms with Gasteiger partial charge in [0.2, 0.25) is 15.8 Å². The first-order valence-corrected chi connectivity index (χ1v) is 12.9. The maximum atomic E-state index is 12.9. The molecule has 0 fully saturated rings. The van der Waals surface area contributed by atoms with E-state index in [4.69, 9.17) is 0 Å². The molecule has 3 aromatic rings. The fourth-order valence-electron chi connectivity index (χ4n) is 3.81. The van der Waals surface area contributed by atoms with Crippen molar-refractivity contribution in [1.29, 1.82) is 0 Å². The van der Waals surface area contributed by atoms with E-state index in [1.807, 2.05) is 13.8 Å². The Bertz CT molecular complexity index is 1310. The van der Waals surface area contributed by atoms with E-state index in [0.29, 0.717) is 30.9 Å². The summed E-state index contributed by atoms with van der Waals surface area (Å²) in [6.45, 7) is 10.2. The maximum absolute atomic E-state index is 12.9. The predicted octanol–water partition coefficient (Wildman–Crippen LogP) is 3.25. The number of sulfonamides is 1. The van der Waals surface area contributed by atoms with Crippen LogP contribution in [0.5, 0.6) is 11.5 Å². The molecule has 0 aliphatic carbocycles. The van der Waals surface area contributed by atoms with Crippen LogP contribution in [0.1, 0.15) is 56.7 Å². The average Bonchev–Trinajstić information content (AvgIpc) is 3.24. The number of amides is 1. The number of hydrogen-bond acceptors (Lipinski definition) is 7. The third kappa shape index (κ3) is 5.01. The van der Waals surface area contributed by atoms with Gasteiger partial charge in [0.25, 0.3) is 5.91 Å². The summed E-state index contributed by atoms with van der Waals surface area (Å²) in [5.41, 5.74) is 1.30. The molecule has 0 saturated carbocycles. The van der Waals surface area contributed by atoms with Crippen molar-refractivity contribution in [3.63, 3.8) is 0 Å². The Morgan fingerprint density at radius 1 is 1.03 bits per heavy atom. The third-order valence-electron chi connectivity index (χ3n) is 5.65. The van der Waals surface area contributed by atoms with Gasteiger partial charge in [0, 0.05) is 31.4 Å². The first-order valence-electron chi connectivity index (χ1n) is 11.5. The second-order valence-electron chi connectivity index (χ2n) is 8.21. The van der Waals surface area contributed by atoms with Gasteiger partial charge in [-0.05, 0) is 48.7 Å². The van der Waals surface area contributed by atoms with Gasteiger partial charge in [0.15, 0.2) is 5.82 Å².